The third-order valence-corrected chi connectivity index (χ3v) is 5.51. The van der Waals surface area contributed by atoms with E-state index in [0.717, 1.165) is 0 Å². The van der Waals surface area contributed by atoms with Gasteiger partial charge >= 0.3 is 5.97 Å². The van der Waals surface area contributed by atoms with Gasteiger partial charge in [0.15, 0.2) is 0 Å². The van der Waals surface area contributed by atoms with Crippen LogP contribution in [0.4, 0.5) is 0 Å². The minimum absolute atomic E-state index is 0.00282. The first-order valence-electron chi connectivity index (χ1n) is 10.5. The predicted octanol–water partition coefficient (Wildman–Crippen LogP) is -1.44. The molecule has 0 aromatic carbocycles. The van der Waals surface area contributed by atoms with Gasteiger partial charge in [0.05, 0.1) is 18.7 Å². The van der Waals surface area contributed by atoms with Crippen molar-refractivity contribution in [3.8, 4) is 0 Å². The van der Waals surface area contributed by atoms with E-state index >= 15 is 0 Å². The van der Waals surface area contributed by atoms with E-state index in [1.165, 1.54) is 43.7 Å². The molecule has 0 aliphatic heterocycles. The number of imidazole rings is 2. The number of aromatic amines is 2. The number of nitrogens with zero attached hydrogens (tertiary/aromatic N) is 2. The van der Waals surface area contributed by atoms with Crippen LogP contribution in [0.1, 0.15) is 24.7 Å². The summed E-state index contributed by atoms with van der Waals surface area (Å²) in [7, 11) is 0. The Morgan fingerprint density at radius 3 is 1.91 bits per heavy atom. The Labute approximate surface area is 200 Å². The van der Waals surface area contributed by atoms with Crippen molar-refractivity contribution in [2.24, 2.45) is 5.73 Å². The highest BCUT2D eigenvalue weighted by Gasteiger charge is 2.30. The number of carbonyl (C=O) groups is 4. The third kappa shape index (κ3) is 8.51. The molecular formula is C20H30N8O5S. The van der Waals surface area contributed by atoms with Gasteiger partial charge in [0, 0.05) is 36.6 Å². The summed E-state index contributed by atoms with van der Waals surface area (Å²) in [6.45, 7) is 1.49. The zero-order valence-corrected chi connectivity index (χ0v) is 19.7. The number of carboxylic acid groups (broad SMARTS) is 1. The summed E-state index contributed by atoms with van der Waals surface area (Å²) in [5.74, 6) is -2.47. The van der Waals surface area contributed by atoms with Crippen molar-refractivity contribution >= 4 is 35.5 Å². The lowest BCUT2D eigenvalue weighted by atomic mass is 10.1. The number of aromatic nitrogens is 4. The SMILES string of the molecule is CSCCC(NC(=O)C(Cc1cnc[nH]1)NC(=O)C(C)N)C(=O)NC(Cc1cnc[nH]1)C(=O)O. The Morgan fingerprint density at radius 2 is 1.44 bits per heavy atom. The number of hydrogen-bond donors (Lipinski definition) is 7. The van der Waals surface area contributed by atoms with Crippen molar-refractivity contribution in [2.45, 2.75) is 50.4 Å². The Morgan fingerprint density at radius 1 is 0.941 bits per heavy atom. The molecule has 0 spiro atoms. The van der Waals surface area contributed by atoms with E-state index < -0.39 is 47.9 Å². The quantitative estimate of drug-likeness (QED) is 0.164. The second-order valence-corrected chi connectivity index (χ2v) is 8.64. The summed E-state index contributed by atoms with van der Waals surface area (Å²) < 4.78 is 0. The molecule has 3 amide bonds. The van der Waals surface area contributed by atoms with Crippen LogP contribution in [-0.2, 0) is 32.0 Å². The van der Waals surface area contributed by atoms with E-state index in [-0.39, 0.29) is 19.3 Å². The van der Waals surface area contributed by atoms with Gasteiger partial charge < -0.3 is 36.8 Å². The van der Waals surface area contributed by atoms with Gasteiger partial charge in [0.2, 0.25) is 17.7 Å². The average molecular weight is 495 g/mol. The molecule has 0 saturated heterocycles. The number of amides is 3. The van der Waals surface area contributed by atoms with Crippen molar-refractivity contribution in [2.75, 3.05) is 12.0 Å². The van der Waals surface area contributed by atoms with Crippen molar-refractivity contribution in [1.29, 1.82) is 0 Å². The van der Waals surface area contributed by atoms with Gasteiger partial charge in [-0.05, 0) is 25.4 Å². The fourth-order valence-electron chi connectivity index (χ4n) is 2.99. The number of carbonyl (C=O) groups excluding carboxylic acids is 3. The maximum Gasteiger partial charge on any atom is 0.326 e. The van der Waals surface area contributed by atoms with Crippen LogP contribution in [0.5, 0.6) is 0 Å². The Hall–Kier alpha value is -3.39. The second kappa shape index (κ2) is 13.3. The molecule has 0 aliphatic carbocycles. The molecule has 13 nitrogen and oxygen atoms in total. The van der Waals surface area contributed by atoms with Crippen molar-refractivity contribution in [3.63, 3.8) is 0 Å². The Balaban J connectivity index is 2.13. The first-order valence-corrected chi connectivity index (χ1v) is 11.9. The molecule has 186 valence electrons. The molecule has 2 aromatic heterocycles. The van der Waals surface area contributed by atoms with Crippen LogP contribution >= 0.6 is 11.8 Å². The van der Waals surface area contributed by atoms with E-state index in [4.69, 9.17) is 5.73 Å². The molecule has 14 heteroatoms. The number of carboxylic acids is 1. The minimum atomic E-state index is -1.22. The molecule has 34 heavy (non-hydrogen) atoms. The van der Waals surface area contributed by atoms with Crippen molar-refractivity contribution in [3.05, 3.63) is 36.4 Å². The van der Waals surface area contributed by atoms with Crippen LogP contribution in [0.25, 0.3) is 0 Å². The molecule has 2 heterocycles. The topological polar surface area (TPSA) is 208 Å². The number of thioether (sulfide) groups is 1. The van der Waals surface area contributed by atoms with Gasteiger partial charge in [-0.15, -0.1) is 0 Å². The van der Waals surface area contributed by atoms with Crippen molar-refractivity contribution in [1.82, 2.24) is 35.9 Å². The molecule has 2 aromatic rings. The molecular weight excluding hydrogens is 464 g/mol. The van der Waals surface area contributed by atoms with E-state index in [0.29, 0.717) is 17.1 Å². The number of aliphatic carboxylic acids is 1. The van der Waals surface area contributed by atoms with E-state index in [1.54, 1.807) is 0 Å². The monoisotopic (exact) mass is 494 g/mol. The van der Waals surface area contributed by atoms with Crippen LogP contribution in [0, 0.1) is 0 Å². The highest BCUT2D eigenvalue weighted by Crippen LogP contribution is 2.06. The summed E-state index contributed by atoms with van der Waals surface area (Å²) >= 11 is 1.47. The van der Waals surface area contributed by atoms with Gasteiger partial charge in [-0.2, -0.15) is 11.8 Å². The normalized spacial score (nSPS) is 14.4. The number of hydrogen-bond acceptors (Lipinski definition) is 8. The highest BCUT2D eigenvalue weighted by molar-refractivity contribution is 7.98. The molecule has 0 bridgehead atoms. The molecule has 4 unspecified atom stereocenters. The van der Waals surface area contributed by atoms with Crippen LogP contribution in [-0.4, -0.2) is 84.9 Å². The van der Waals surface area contributed by atoms with Crippen LogP contribution < -0.4 is 21.7 Å². The minimum Gasteiger partial charge on any atom is -0.480 e. The summed E-state index contributed by atoms with van der Waals surface area (Å²) in [6.07, 6.45) is 8.04. The molecule has 0 aliphatic rings. The van der Waals surface area contributed by atoms with Gasteiger partial charge in [-0.1, -0.05) is 0 Å². The van der Waals surface area contributed by atoms with E-state index in [9.17, 15) is 24.3 Å². The molecule has 0 fully saturated rings. The van der Waals surface area contributed by atoms with Gasteiger partial charge in [-0.25, -0.2) is 14.8 Å². The summed E-state index contributed by atoms with van der Waals surface area (Å²) in [6, 6.07) is -4.10. The molecule has 4 atom stereocenters. The summed E-state index contributed by atoms with van der Waals surface area (Å²) in [5, 5.41) is 17.2. The predicted molar refractivity (Wildman–Crippen MR) is 125 cm³/mol. The molecule has 0 saturated carbocycles. The van der Waals surface area contributed by atoms with Crippen molar-refractivity contribution < 1.29 is 24.3 Å². The smallest absolute Gasteiger partial charge is 0.326 e. The maximum atomic E-state index is 13.1. The van der Waals surface area contributed by atoms with E-state index in [1.807, 2.05) is 6.26 Å². The fraction of sp³-hybridized carbons (Fsp3) is 0.500. The largest absolute Gasteiger partial charge is 0.480 e. The lowest BCUT2D eigenvalue weighted by Crippen LogP contribution is -2.57. The lowest BCUT2D eigenvalue weighted by molar-refractivity contribution is -0.142. The molecule has 8 N–H and O–H groups in total. The standard InChI is InChI=1S/C20H30N8O5S/c1-11(21)17(29)27-15(5-12-7-22-9-24-12)19(31)26-14(3-4-34-2)18(30)28-16(20(32)33)6-13-8-23-10-25-13/h7-11,14-16H,3-6,21H2,1-2H3,(H,22,24)(H,23,25)(H,26,31)(H,27,29)(H,28,30)(H,32,33). The number of rotatable bonds is 14. The van der Waals surface area contributed by atoms with Gasteiger partial charge in [-0.3, -0.25) is 14.4 Å². The summed E-state index contributed by atoms with van der Waals surface area (Å²) in [5.41, 5.74) is 6.75. The van der Waals surface area contributed by atoms with Crippen LogP contribution in [0.2, 0.25) is 0 Å². The lowest BCUT2D eigenvalue weighted by Gasteiger charge is -2.24. The zero-order chi connectivity index (χ0) is 25.1. The van der Waals surface area contributed by atoms with Gasteiger partial charge in [0.25, 0.3) is 0 Å². The number of nitrogens with two attached hydrogens (primary N) is 1. The van der Waals surface area contributed by atoms with Crippen LogP contribution in [0.3, 0.4) is 0 Å². The third-order valence-electron chi connectivity index (χ3n) is 4.86. The Kier molecular flexibility index (Phi) is 10.5. The second-order valence-electron chi connectivity index (χ2n) is 7.65. The first kappa shape index (κ1) is 26.9. The first-order chi connectivity index (χ1) is 16.2. The summed E-state index contributed by atoms with van der Waals surface area (Å²) in [4.78, 5) is 63.3. The van der Waals surface area contributed by atoms with Crippen LogP contribution in [0.15, 0.2) is 25.0 Å². The highest BCUT2D eigenvalue weighted by atomic mass is 32.2. The number of nitrogens with one attached hydrogen (secondary N) is 5. The fourth-order valence-corrected chi connectivity index (χ4v) is 3.47. The number of H-pyrrole nitrogens is 2. The zero-order valence-electron chi connectivity index (χ0n) is 18.9. The molecule has 2 rings (SSSR count). The van der Waals surface area contributed by atoms with E-state index in [2.05, 4.69) is 35.9 Å². The molecule has 0 radical (unpaired) electrons. The Bertz CT molecular complexity index is 935. The van der Waals surface area contributed by atoms with Gasteiger partial charge in [0.1, 0.15) is 18.1 Å². The average Bonchev–Trinajstić information content (AvgIpc) is 3.49. The maximum absolute atomic E-state index is 13.1.